The SMILES string of the molecule is CO[C@H]1CC[C@]2(C)C3=CC(=O)CC[C@@H]3CC[C@H]2C1(C)C. The minimum Gasteiger partial charge on any atom is -0.381 e. The molecule has 2 nitrogen and oxygen atoms in total. The van der Waals surface area contributed by atoms with Crippen LogP contribution in [0.2, 0.25) is 0 Å². The highest BCUT2D eigenvalue weighted by Crippen LogP contribution is 2.62. The third-order valence-corrected chi connectivity index (χ3v) is 6.67. The zero-order valence-electron chi connectivity index (χ0n) is 13.4. The molecule has 0 heterocycles. The molecule has 0 aromatic rings. The van der Waals surface area contributed by atoms with Crippen molar-refractivity contribution in [3.63, 3.8) is 0 Å². The van der Waals surface area contributed by atoms with Crippen molar-refractivity contribution in [2.45, 2.75) is 65.4 Å². The van der Waals surface area contributed by atoms with E-state index in [0.717, 1.165) is 19.3 Å². The van der Waals surface area contributed by atoms with Gasteiger partial charge in [0.15, 0.2) is 5.78 Å². The molecular formula is C18H28O2. The molecule has 3 rings (SSSR count). The average molecular weight is 276 g/mol. The number of carbonyl (C=O) groups is 1. The smallest absolute Gasteiger partial charge is 0.155 e. The van der Waals surface area contributed by atoms with E-state index in [4.69, 9.17) is 4.74 Å². The van der Waals surface area contributed by atoms with Crippen molar-refractivity contribution in [2.24, 2.45) is 22.7 Å². The number of methoxy groups -OCH3 is 1. The van der Waals surface area contributed by atoms with Gasteiger partial charge < -0.3 is 4.74 Å². The van der Waals surface area contributed by atoms with E-state index in [1.807, 2.05) is 13.2 Å². The summed E-state index contributed by atoms with van der Waals surface area (Å²) in [7, 11) is 1.85. The summed E-state index contributed by atoms with van der Waals surface area (Å²) in [5, 5.41) is 0. The van der Waals surface area contributed by atoms with Crippen molar-refractivity contribution < 1.29 is 9.53 Å². The van der Waals surface area contributed by atoms with Crippen molar-refractivity contribution in [1.29, 1.82) is 0 Å². The van der Waals surface area contributed by atoms with Crippen LogP contribution in [0.15, 0.2) is 11.6 Å². The lowest BCUT2D eigenvalue weighted by Gasteiger charge is -2.59. The molecule has 112 valence electrons. The molecule has 0 aromatic heterocycles. The Morgan fingerprint density at radius 1 is 1.15 bits per heavy atom. The van der Waals surface area contributed by atoms with Crippen LogP contribution in [0.1, 0.15) is 59.3 Å². The summed E-state index contributed by atoms with van der Waals surface area (Å²) < 4.78 is 5.77. The predicted molar refractivity (Wildman–Crippen MR) is 80.5 cm³/mol. The van der Waals surface area contributed by atoms with Gasteiger partial charge in [0.25, 0.3) is 0 Å². The fraction of sp³-hybridized carbons (Fsp3) is 0.833. The van der Waals surface area contributed by atoms with Gasteiger partial charge in [-0.05, 0) is 60.8 Å². The third-order valence-electron chi connectivity index (χ3n) is 6.67. The second kappa shape index (κ2) is 4.69. The van der Waals surface area contributed by atoms with Crippen LogP contribution in [0.3, 0.4) is 0 Å². The Bertz CT molecular complexity index is 448. The summed E-state index contributed by atoms with van der Waals surface area (Å²) >= 11 is 0. The van der Waals surface area contributed by atoms with E-state index >= 15 is 0 Å². The summed E-state index contributed by atoms with van der Waals surface area (Å²) in [6.45, 7) is 7.16. The Morgan fingerprint density at radius 2 is 1.90 bits per heavy atom. The van der Waals surface area contributed by atoms with Crippen LogP contribution >= 0.6 is 0 Å². The topological polar surface area (TPSA) is 26.3 Å². The quantitative estimate of drug-likeness (QED) is 0.719. The van der Waals surface area contributed by atoms with Gasteiger partial charge in [-0.15, -0.1) is 0 Å². The van der Waals surface area contributed by atoms with Gasteiger partial charge in [-0.25, -0.2) is 0 Å². The molecule has 2 saturated carbocycles. The lowest BCUT2D eigenvalue weighted by molar-refractivity contribution is -0.121. The van der Waals surface area contributed by atoms with Crippen LogP contribution < -0.4 is 0 Å². The summed E-state index contributed by atoms with van der Waals surface area (Å²) in [6, 6.07) is 0. The van der Waals surface area contributed by atoms with Crippen molar-refractivity contribution >= 4 is 5.78 Å². The van der Waals surface area contributed by atoms with Crippen molar-refractivity contribution in [3.8, 4) is 0 Å². The first-order valence-electron chi connectivity index (χ1n) is 8.17. The van der Waals surface area contributed by atoms with E-state index < -0.39 is 0 Å². The zero-order chi connectivity index (χ0) is 14.5. The highest BCUT2D eigenvalue weighted by atomic mass is 16.5. The number of hydrogen-bond donors (Lipinski definition) is 0. The Morgan fingerprint density at radius 3 is 2.60 bits per heavy atom. The molecule has 20 heavy (non-hydrogen) atoms. The fourth-order valence-corrected chi connectivity index (χ4v) is 5.61. The minimum absolute atomic E-state index is 0.202. The Labute approximate surface area is 123 Å². The molecule has 0 spiro atoms. The van der Waals surface area contributed by atoms with Crippen molar-refractivity contribution in [3.05, 3.63) is 11.6 Å². The van der Waals surface area contributed by atoms with Gasteiger partial charge in [-0.1, -0.05) is 26.3 Å². The van der Waals surface area contributed by atoms with E-state index in [1.54, 1.807) is 0 Å². The Kier molecular flexibility index (Phi) is 3.36. The van der Waals surface area contributed by atoms with Gasteiger partial charge in [-0.3, -0.25) is 4.79 Å². The lowest BCUT2D eigenvalue weighted by Crippen LogP contribution is -2.54. The third kappa shape index (κ3) is 1.91. The predicted octanol–water partition coefficient (Wildman–Crippen LogP) is 4.14. The number of carbonyl (C=O) groups excluding carboxylic acids is 1. The number of ether oxygens (including phenoxy) is 1. The second-order valence-electron chi connectivity index (χ2n) is 7.93. The van der Waals surface area contributed by atoms with Crippen LogP contribution in [0.5, 0.6) is 0 Å². The fourth-order valence-electron chi connectivity index (χ4n) is 5.61. The molecule has 4 atom stereocenters. The molecule has 0 aromatic carbocycles. The standard InChI is InChI=1S/C18H28O2/c1-17(2)15-8-6-12-5-7-13(19)11-14(12)18(15,3)10-9-16(17)20-4/h11-12,15-16H,5-10H2,1-4H3/t12-,15+,16+,18-/m1/s1. The maximum Gasteiger partial charge on any atom is 0.155 e. The molecular weight excluding hydrogens is 248 g/mol. The van der Waals surface area contributed by atoms with E-state index in [1.165, 1.54) is 24.8 Å². The lowest BCUT2D eigenvalue weighted by atomic mass is 9.47. The van der Waals surface area contributed by atoms with Crippen LogP contribution in [-0.4, -0.2) is 19.0 Å². The minimum atomic E-state index is 0.202. The molecule has 3 aliphatic carbocycles. The summed E-state index contributed by atoms with van der Waals surface area (Å²) in [5.41, 5.74) is 1.90. The van der Waals surface area contributed by atoms with Crippen LogP contribution in [0, 0.1) is 22.7 Å². The summed E-state index contributed by atoms with van der Waals surface area (Å²) in [4.78, 5) is 11.9. The molecule has 0 saturated heterocycles. The van der Waals surface area contributed by atoms with Gasteiger partial charge >= 0.3 is 0 Å². The highest BCUT2D eigenvalue weighted by Gasteiger charge is 2.56. The normalized spacial score (nSPS) is 43.5. The maximum atomic E-state index is 11.9. The van der Waals surface area contributed by atoms with E-state index in [2.05, 4.69) is 20.8 Å². The van der Waals surface area contributed by atoms with Gasteiger partial charge in [-0.2, -0.15) is 0 Å². The van der Waals surface area contributed by atoms with Gasteiger partial charge in [0.05, 0.1) is 6.10 Å². The molecule has 0 amide bonds. The first-order chi connectivity index (χ1) is 9.39. The van der Waals surface area contributed by atoms with Crippen molar-refractivity contribution in [1.82, 2.24) is 0 Å². The number of rotatable bonds is 1. The molecule has 2 fully saturated rings. The molecule has 0 radical (unpaired) electrons. The first-order valence-corrected chi connectivity index (χ1v) is 8.17. The van der Waals surface area contributed by atoms with Crippen molar-refractivity contribution in [2.75, 3.05) is 7.11 Å². The molecule has 0 aliphatic heterocycles. The summed E-state index contributed by atoms with van der Waals surface area (Å²) in [5.74, 6) is 1.66. The number of allylic oxidation sites excluding steroid dienone is 2. The van der Waals surface area contributed by atoms with Gasteiger partial charge in [0.1, 0.15) is 0 Å². The maximum absolute atomic E-state index is 11.9. The van der Waals surface area contributed by atoms with E-state index in [9.17, 15) is 4.79 Å². The van der Waals surface area contributed by atoms with Gasteiger partial charge in [0.2, 0.25) is 0 Å². The molecule has 2 heteroatoms. The highest BCUT2D eigenvalue weighted by molar-refractivity contribution is 5.91. The van der Waals surface area contributed by atoms with Gasteiger partial charge in [0, 0.05) is 13.5 Å². The first kappa shape index (κ1) is 14.3. The molecule has 0 unspecified atom stereocenters. The van der Waals surface area contributed by atoms with Crippen LogP contribution in [0.4, 0.5) is 0 Å². The average Bonchev–Trinajstić information content (AvgIpc) is 2.39. The summed E-state index contributed by atoms with van der Waals surface area (Å²) in [6.07, 6.45) is 9.07. The monoisotopic (exact) mass is 276 g/mol. The zero-order valence-corrected chi connectivity index (χ0v) is 13.4. The van der Waals surface area contributed by atoms with Crippen LogP contribution in [0.25, 0.3) is 0 Å². The molecule has 3 aliphatic rings. The Hall–Kier alpha value is -0.630. The van der Waals surface area contributed by atoms with Crippen LogP contribution in [-0.2, 0) is 9.53 Å². The molecule has 0 N–H and O–H groups in total. The molecule has 0 bridgehead atoms. The number of fused-ring (bicyclic) bond motifs is 3. The second-order valence-corrected chi connectivity index (χ2v) is 7.93. The number of hydrogen-bond acceptors (Lipinski definition) is 2. The Balaban J connectivity index is 2.00. The number of ketones is 1. The van der Waals surface area contributed by atoms with E-state index in [-0.39, 0.29) is 10.8 Å². The van der Waals surface area contributed by atoms with E-state index in [0.29, 0.717) is 23.7 Å². The largest absolute Gasteiger partial charge is 0.381 e.